The number of hydrogen-bond acceptors (Lipinski definition) is 4. The summed E-state index contributed by atoms with van der Waals surface area (Å²) in [7, 11) is 0. The number of aryl methyl sites for hydroxylation is 2. The van der Waals surface area contributed by atoms with Gasteiger partial charge in [0.25, 0.3) is 11.8 Å². The van der Waals surface area contributed by atoms with Crippen LogP contribution >= 0.6 is 0 Å². The molecule has 0 saturated heterocycles. The lowest BCUT2D eigenvalue weighted by atomic mass is 10.1. The minimum atomic E-state index is -0.869. The van der Waals surface area contributed by atoms with Gasteiger partial charge in [0.05, 0.1) is 0 Å². The molecule has 0 spiro atoms. The fourth-order valence-electron chi connectivity index (χ4n) is 2.82. The maximum absolute atomic E-state index is 12.1. The predicted octanol–water partition coefficient (Wildman–Crippen LogP) is 2.02. The van der Waals surface area contributed by atoms with Crippen molar-refractivity contribution in [1.29, 1.82) is 0 Å². The van der Waals surface area contributed by atoms with Crippen LogP contribution in [0.3, 0.4) is 0 Å². The summed E-state index contributed by atoms with van der Waals surface area (Å²) in [6.07, 6.45) is 3.30. The first kappa shape index (κ1) is 19.0. The van der Waals surface area contributed by atoms with E-state index in [2.05, 4.69) is 10.6 Å². The van der Waals surface area contributed by atoms with Crippen molar-refractivity contribution in [3.05, 3.63) is 34.9 Å². The van der Waals surface area contributed by atoms with Crippen molar-refractivity contribution in [3.8, 4) is 0 Å². The molecular formula is C19H26N2O4. The van der Waals surface area contributed by atoms with Gasteiger partial charge in [-0.2, -0.15) is 0 Å². The van der Waals surface area contributed by atoms with Crippen LogP contribution in [0.2, 0.25) is 0 Å². The first-order valence-corrected chi connectivity index (χ1v) is 8.72. The van der Waals surface area contributed by atoms with Crippen LogP contribution in [-0.2, 0) is 14.3 Å². The quantitative estimate of drug-likeness (QED) is 0.772. The Hall–Kier alpha value is -2.37. The summed E-state index contributed by atoms with van der Waals surface area (Å²) >= 11 is 0. The van der Waals surface area contributed by atoms with Crippen LogP contribution in [0.5, 0.6) is 0 Å². The molecule has 0 aromatic heterocycles. The van der Waals surface area contributed by atoms with E-state index in [0.29, 0.717) is 5.56 Å². The average molecular weight is 346 g/mol. The van der Waals surface area contributed by atoms with Crippen molar-refractivity contribution in [1.82, 2.24) is 10.6 Å². The van der Waals surface area contributed by atoms with Crippen LogP contribution < -0.4 is 10.6 Å². The molecule has 1 aliphatic carbocycles. The molecule has 6 nitrogen and oxygen atoms in total. The Kier molecular flexibility index (Phi) is 6.56. The highest BCUT2D eigenvalue weighted by atomic mass is 16.5. The molecule has 1 aromatic rings. The normalized spacial score (nSPS) is 15.5. The third-order valence-electron chi connectivity index (χ3n) is 4.54. The van der Waals surface area contributed by atoms with Gasteiger partial charge in [-0.1, -0.05) is 18.9 Å². The molecule has 1 fully saturated rings. The monoisotopic (exact) mass is 346 g/mol. The summed E-state index contributed by atoms with van der Waals surface area (Å²) in [5.74, 6) is -1.27. The fourth-order valence-corrected chi connectivity index (χ4v) is 2.82. The Morgan fingerprint density at radius 2 is 1.84 bits per heavy atom. The van der Waals surface area contributed by atoms with E-state index in [-0.39, 0.29) is 24.4 Å². The average Bonchev–Trinajstić information content (AvgIpc) is 3.08. The number of carbonyl (C=O) groups excluding carboxylic acids is 3. The molecule has 1 atom stereocenters. The second-order valence-electron chi connectivity index (χ2n) is 6.60. The maximum Gasteiger partial charge on any atom is 0.326 e. The molecule has 0 heterocycles. The van der Waals surface area contributed by atoms with E-state index in [1.807, 2.05) is 19.9 Å². The maximum atomic E-state index is 12.1. The molecule has 2 rings (SSSR count). The lowest BCUT2D eigenvalue weighted by Crippen LogP contribution is -2.42. The zero-order valence-corrected chi connectivity index (χ0v) is 15.1. The lowest BCUT2D eigenvalue weighted by Gasteiger charge is -2.17. The first-order chi connectivity index (χ1) is 11.9. The van der Waals surface area contributed by atoms with E-state index >= 15 is 0 Å². The number of esters is 1. The van der Waals surface area contributed by atoms with E-state index in [1.165, 1.54) is 6.92 Å². The van der Waals surface area contributed by atoms with Gasteiger partial charge in [-0.05, 0) is 56.9 Å². The van der Waals surface area contributed by atoms with Gasteiger partial charge in [0.15, 0.2) is 6.10 Å². The van der Waals surface area contributed by atoms with E-state index in [9.17, 15) is 14.4 Å². The van der Waals surface area contributed by atoms with Gasteiger partial charge in [0.2, 0.25) is 0 Å². The van der Waals surface area contributed by atoms with Crippen molar-refractivity contribution in [3.63, 3.8) is 0 Å². The number of hydrogen-bond donors (Lipinski definition) is 2. The van der Waals surface area contributed by atoms with Crippen LogP contribution in [0.25, 0.3) is 0 Å². The molecule has 2 N–H and O–H groups in total. The lowest BCUT2D eigenvalue weighted by molar-refractivity contribution is -0.154. The van der Waals surface area contributed by atoms with Gasteiger partial charge in [0, 0.05) is 11.6 Å². The molecule has 0 aliphatic heterocycles. The number of nitrogens with one attached hydrogen (secondary N) is 2. The summed E-state index contributed by atoms with van der Waals surface area (Å²) in [5, 5.41) is 5.40. The third-order valence-corrected chi connectivity index (χ3v) is 4.54. The number of ether oxygens (including phenoxy) is 1. The van der Waals surface area contributed by atoms with Crippen LogP contribution in [0.4, 0.5) is 0 Å². The van der Waals surface area contributed by atoms with Gasteiger partial charge >= 0.3 is 5.97 Å². The molecule has 0 bridgehead atoms. The van der Waals surface area contributed by atoms with E-state index in [4.69, 9.17) is 4.74 Å². The Morgan fingerprint density at radius 1 is 1.16 bits per heavy atom. The molecule has 6 heteroatoms. The van der Waals surface area contributed by atoms with Crippen molar-refractivity contribution in [2.75, 3.05) is 6.54 Å². The van der Waals surface area contributed by atoms with Crippen molar-refractivity contribution in [2.45, 2.75) is 58.6 Å². The fraction of sp³-hybridized carbons (Fsp3) is 0.526. The largest absolute Gasteiger partial charge is 0.451 e. The number of amides is 2. The zero-order chi connectivity index (χ0) is 18.4. The highest BCUT2D eigenvalue weighted by Crippen LogP contribution is 2.17. The Labute approximate surface area is 148 Å². The van der Waals surface area contributed by atoms with Crippen molar-refractivity contribution in [2.24, 2.45) is 0 Å². The Balaban J connectivity index is 1.76. The molecule has 1 saturated carbocycles. The summed E-state index contributed by atoms with van der Waals surface area (Å²) in [6.45, 7) is 5.15. The minimum Gasteiger partial charge on any atom is -0.451 e. The summed E-state index contributed by atoms with van der Waals surface area (Å²) in [6, 6.07) is 5.52. The van der Waals surface area contributed by atoms with Crippen molar-refractivity contribution >= 4 is 17.8 Å². The van der Waals surface area contributed by atoms with Crippen LogP contribution in [0, 0.1) is 13.8 Å². The summed E-state index contributed by atoms with van der Waals surface area (Å²) in [4.78, 5) is 35.9. The van der Waals surface area contributed by atoms with Gasteiger partial charge in [-0.15, -0.1) is 0 Å². The number of benzene rings is 1. The highest BCUT2D eigenvalue weighted by Gasteiger charge is 2.23. The molecule has 136 valence electrons. The third kappa shape index (κ3) is 5.59. The second-order valence-corrected chi connectivity index (χ2v) is 6.60. The Bertz CT molecular complexity index is 651. The van der Waals surface area contributed by atoms with Crippen molar-refractivity contribution < 1.29 is 19.1 Å². The van der Waals surface area contributed by atoms with E-state index in [0.717, 1.165) is 36.8 Å². The second kappa shape index (κ2) is 8.65. The molecule has 1 aromatic carbocycles. The van der Waals surface area contributed by atoms with E-state index in [1.54, 1.807) is 12.1 Å². The SMILES string of the molecule is Cc1ccc(C(=O)NCC(=O)O[C@@H](C)C(=O)NC2CCCC2)cc1C. The van der Waals surface area contributed by atoms with Crippen LogP contribution in [-0.4, -0.2) is 36.5 Å². The smallest absolute Gasteiger partial charge is 0.326 e. The van der Waals surface area contributed by atoms with Gasteiger partial charge in [0.1, 0.15) is 6.54 Å². The molecule has 0 unspecified atom stereocenters. The zero-order valence-electron chi connectivity index (χ0n) is 15.1. The van der Waals surface area contributed by atoms with E-state index < -0.39 is 12.1 Å². The molecule has 2 amide bonds. The highest BCUT2D eigenvalue weighted by molar-refractivity contribution is 5.96. The summed E-state index contributed by atoms with van der Waals surface area (Å²) < 4.78 is 5.09. The van der Waals surface area contributed by atoms with Gasteiger partial charge in [-0.3, -0.25) is 14.4 Å². The standard InChI is InChI=1S/C19H26N2O4/c1-12-8-9-15(10-13(12)2)19(24)20-11-17(22)25-14(3)18(23)21-16-6-4-5-7-16/h8-10,14,16H,4-7,11H2,1-3H3,(H,20,24)(H,21,23)/t14-/m0/s1. The Morgan fingerprint density at radius 3 is 2.48 bits per heavy atom. The molecule has 25 heavy (non-hydrogen) atoms. The molecule has 1 aliphatic rings. The number of carbonyl (C=O) groups is 3. The molecular weight excluding hydrogens is 320 g/mol. The topological polar surface area (TPSA) is 84.5 Å². The van der Waals surface area contributed by atoms with Gasteiger partial charge in [-0.25, -0.2) is 0 Å². The first-order valence-electron chi connectivity index (χ1n) is 8.72. The van der Waals surface area contributed by atoms with Crippen LogP contribution in [0.15, 0.2) is 18.2 Å². The number of rotatable bonds is 6. The van der Waals surface area contributed by atoms with Gasteiger partial charge < -0.3 is 15.4 Å². The minimum absolute atomic E-state index is 0.179. The van der Waals surface area contributed by atoms with Crippen LogP contribution in [0.1, 0.15) is 54.1 Å². The summed E-state index contributed by atoms with van der Waals surface area (Å²) in [5.41, 5.74) is 2.59. The predicted molar refractivity (Wildman–Crippen MR) is 94.2 cm³/mol. The molecule has 0 radical (unpaired) electrons.